The van der Waals surface area contributed by atoms with Gasteiger partial charge in [-0.2, -0.15) is 10.2 Å². The summed E-state index contributed by atoms with van der Waals surface area (Å²) in [6, 6.07) is 5.33. The van der Waals surface area contributed by atoms with E-state index in [0.717, 1.165) is 10.2 Å². The molecule has 0 saturated heterocycles. The van der Waals surface area contributed by atoms with Crippen molar-refractivity contribution in [1.82, 2.24) is 9.78 Å². The number of nitrogens with one attached hydrogen (secondary N) is 1. The Labute approximate surface area is 132 Å². The number of hydrazone groups is 1. The number of hydrogen-bond donors (Lipinski definition) is 1. The van der Waals surface area contributed by atoms with Gasteiger partial charge in [0, 0.05) is 18.7 Å². The molecule has 0 aliphatic carbocycles. The van der Waals surface area contributed by atoms with Gasteiger partial charge in [0.2, 0.25) is 0 Å². The van der Waals surface area contributed by atoms with Crippen LogP contribution < -0.4 is 20.5 Å². The molecule has 0 unspecified atom stereocenters. The summed E-state index contributed by atoms with van der Waals surface area (Å²) in [7, 11) is 4.65. The number of rotatable bonds is 5. The Morgan fingerprint density at radius 1 is 1.36 bits per heavy atom. The van der Waals surface area contributed by atoms with Crippen LogP contribution in [0, 0.1) is 0 Å². The van der Waals surface area contributed by atoms with E-state index in [1.54, 1.807) is 38.6 Å². The number of anilines is 1. The fraction of sp³-hybridized carbons (Fsp3) is 0.214. The van der Waals surface area contributed by atoms with E-state index in [1.165, 1.54) is 13.2 Å². The molecule has 116 valence electrons. The van der Waals surface area contributed by atoms with E-state index in [0.29, 0.717) is 17.2 Å². The van der Waals surface area contributed by atoms with E-state index < -0.39 is 5.56 Å². The number of aromatic nitrogens is 2. The van der Waals surface area contributed by atoms with Crippen LogP contribution in [0.25, 0.3) is 0 Å². The number of aryl methyl sites for hydroxylation is 1. The number of nitrogens with zero attached hydrogens (tertiary/aromatic N) is 3. The summed E-state index contributed by atoms with van der Waals surface area (Å²) in [5.41, 5.74) is 3.35. The highest BCUT2D eigenvalue weighted by molar-refractivity contribution is 6.32. The molecular formula is C14H15ClN4O3. The van der Waals surface area contributed by atoms with Gasteiger partial charge in [0.1, 0.15) is 22.2 Å². The lowest BCUT2D eigenvalue weighted by atomic mass is 10.2. The van der Waals surface area contributed by atoms with Crippen molar-refractivity contribution in [3.05, 3.63) is 45.3 Å². The Kier molecular flexibility index (Phi) is 5.00. The van der Waals surface area contributed by atoms with E-state index in [4.69, 9.17) is 21.1 Å². The van der Waals surface area contributed by atoms with Crippen molar-refractivity contribution in [3.8, 4) is 11.5 Å². The Morgan fingerprint density at radius 2 is 2.14 bits per heavy atom. The van der Waals surface area contributed by atoms with Crippen LogP contribution >= 0.6 is 11.6 Å². The first-order chi connectivity index (χ1) is 10.6. The third-order valence-corrected chi connectivity index (χ3v) is 3.27. The molecule has 2 aromatic rings. The van der Waals surface area contributed by atoms with E-state index in [1.807, 2.05) is 0 Å². The summed E-state index contributed by atoms with van der Waals surface area (Å²) in [6.45, 7) is 0. The van der Waals surface area contributed by atoms with Gasteiger partial charge in [-0.1, -0.05) is 11.6 Å². The molecule has 1 aromatic carbocycles. The normalized spacial score (nSPS) is 10.7. The van der Waals surface area contributed by atoms with Crippen LogP contribution in [-0.4, -0.2) is 30.2 Å². The summed E-state index contributed by atoms with van der Waals surface area (Å²) in [6.07, 6.45) is 2.97. The minimum absolute atomic E-state index is 0.0244. The lowest BCUT2D eigenvalue weighted by Gasteiger charge is -2.07. The molecule has 0 bridgehead atoms. The number of benzene rings is 1. The molecule has 0 fully saturated rings. The maximum absolute atomic E-state index is 11.6. The van der Waals surface area contributed by atoms with Gasteiger partial charge in [-0.3, -0.25) is 10.2 Å². The maximum Gasteiger partial charge on any atom is 0.287 e. The molecule has 0 saturated carbocycles. The van der Waals surface area contributed by atoms with Crippen molar-refractivity contribution in [2.75, 3.05) is 19.6 Å². The van der Waals surface area contributed by atoms with E-state index in [2.05, 4.69) is 15.6 Å². The van der Waals surface area contributed by atoms with Crippen molar-refractivity contribution in [2.45, 2.75) is 0 Å². The minimum atomic E-state index is -0.399. The van der Waals surface area contributed by atoms with Crippen molar-refractivity contribution in [2.24, 2.45) is 12.1 Å². The molecule has 7 nitrogen and oxygen atoms in total. The fourth-order valence-corrected chi connectivity index (χ4v) is 1.90. The van der Waals surface area contributed by atoms with Crippen LogP contribution in [0.4, 0.5) is 5.69 Å². The molecule has 0 atom stereocenters. The molecule has 22 heavy (non-hydrogen) atoms. The van der Waals surface area contributed by atoms with Gasteiger partial charge < -0.3 is 9.47 Å². The SMILES string of the molecule is COc1ccc(/C=N\Nc2cnn(C)c(=O)c2Cl)c(OC)c1. The summed E-state index contributed by atoms with van der Waals surface area (Å²) in [4.78, 5) is 11.6. The molecule has 0 radical (unpaired) electrons. The minimum Gasteiger partial charge on any atom is -0.497 e. The van der Waals surface area contributed by atoms with Crippen LogP contribution in [0.2, 0.25) is 5.02 Å². The summed E-state index contributed by atoms with van der Waals surface area (Å²) in [5, 5.41) is 7.93. The number of hydrogen-bond acceptors (Lipinski definition) is 6. The topological polar surface area (TPSA) is 77.7 Å². The average Bonchev–Trinajstić information content (AvgIpc) is 2.55. The lowest BCUT2D eigenvalue weighted by Crippen LogP contribution is -2.20. The Balaban J connectivity index is 2.20. The van der Waals surface area contributed by atoms with Crippen LogP contribution in [0.15, 0.2) is 34.3 Å². The van der Waals surface area contributed by atoms with Crippen LogP contribution in [0.5, 0.6) is 11.5 Å². The number of ether oxygens (including phenoxy) is 2. The zero-order valence-electron chi connectivity index (χ0n) is 12.3. The van der Waals surface area contributed by atoms with Crippen LogP contribution in [-0.2, 0) is 7.05 Å². The van der Waals surface area contributed by atoms with E-state index >= 15 is 0 Å². The quantitative estimate of drug-likeness (QED) is 0.672. The number of methoxy groups -OCH3 is 2. The average molecular weight is 323 g/mol. The molecule has 1 heterocycles. The zero-order chi connectivity index (χ0) is 16.1. The molecule has 2 rings (SSSR count). The molecule has 8 heteroatoms. The van der Waals surface area contributed by atoms with Gasteiger partial charge in [-0.25, -0.2) is 4.68 Å². The fourth-order valence-electron chi connectivity index (χ4n) is 1.69. The second-order valence-corrected chi connectivity index (χ2v) is 4.66. The molecule has 1 N–H and O–H groups in total. The molecule has 0 spiro atoms. The molecule has 0 aliphatic rings. The monoisotopic (exact) mass is 322 g/mol. The van der Waals surface area contributed by atoms with Crippen LogP contribution in [0.3, 0.4) is 0 Å². The van der Waals surface area contributed by atoms with Crippen LogP contribution in [0.1, 0.15) is 5.56 Å². The highest BCUT2D eigenvalue weighted by Gasteiger charge is 2.06. The standard InChI is InChI=1S/C14H15ClN4O3/c1-19-14(20)13(15)11(8-17-19)18-16-7-9-4-5-10(21-2)6-12(9)22-3/h4-8,18H,1-3H3/b16-7-. The van der Waals surface area contributed by atoms with Gasteiger partial charge in [0.05, 0.1) is 26.6 Å². The van der Waals surface area contributed by atoms with Gasteiger partial charge in [-0.05, 0) is 12.1 Å². The zero-order valence-corrected chi connectivity index (χ0v) is 13.1. The third kappa shape index (κ3) is 3.37. The number of halogens is 1. The molecule has 0 amide bonds. The van der Waals surface area contributed by atoms with Gasteiger partial charge in [0.15, 0.2) is 0 Å². The third-order valence-electron chi connectivity index (χ3n) is 2.91. The smallest absolute Gasteiger partial charge is 0.287 e. The summed E-state index contributed by atoms with van der Waals surface area (Å²) in [5.74, 6) is 1.29. The van der Waals surface area contributed by atoms with Crippen molar-refractivity contribution in [1.29, 1.82) is 0 Å². The first kappa shape index (κ1) is 15.8. The predicted octanol–water partition coefficient (Wildman–Crippen LogP) is 1.90. The predicted molar refractivity (Wildman–Crippen MR) is 85.3 cm³/mol. The highest BCUT2D eigenvalue weighted by atomic mass is 35.5. The molecule has 1 aromatic heterocycles. The second kappa shape index (κ2) is 6.95. The van der Waals surface area contributed by atoms with Crippen molar-refractivity contribution < 1.29 is 9.47 Å². The lowest BCUT2D eigenvalue weighted by molar-refractivity contribution is 0.394. The van der Waals surface area contributed by atoms with E-state index in [-0.39, 0.29) is 5.02 Å². The maximum atomic E-state index is 11.6. The largest absolute Gasteiger partial charge is 0.497 e. The Bertz CT molecular complexity index is 758. The summed E-state index contributed by atoms with van der Waals surface area (Å²) >= 11 is 5.93. The van der Waals surface area contributed by atoms with E-state index in [9.17, 15) is 4.79 Å². The summed E-state index contributed by atoms with van der Waals surface area (Å²) < 4.78 is 11.5. The second-order valence-electron chi connectivity index (χ2n) is 4.28. The Hall–Kier alpha value is -2.54. The first-order valence-corrected chi connectivity index (χ1v) is 6.67. The molecule has 0 aliphatic heterocycles. The molecular weight excluding hydrogens is 308 g/mol. The van der Waals surface area contributed by atoms with Gasteiger partial charge in [-0.15, -0.1) is 0 Å². The Morgan fingerprint density at radius 3 is 2.82 bits per heavy atom. The first-order valence-electron chi connectivity index (χ1n) is 6.29. The van der Waals surface area contributed by atoms with Crippen molar-refractivity contribution >= 4 is 23.5 Å². The highest BCUT2D eigenvalue weighted by Crippen LogP contribution is 2.23. The van der Waals surface area contributed by atoms with Gasteiger partial charge >= 0.3 is 0 Å². The van der Waals surface area contributed by atoms with Gasteiger partial charge in [0.25, 0.3) is 5.56 Å². The van der Waals surface area contributed by atoms with Crippen molar-refractivity contribution in [3.63, 3.8) is 0 Å².